The summed E-state index contributed by atoms with van der Waals surface area (Å²) in [5.74, 6) is 1.17. The molecule has 1 aromatic heterocycles. The van der Waals surface area contributed by atoms with Gasteiger partial charge in [-0.2, -0.15) is 0 Å². The van der Waals surface area contributed by atoms with E-state index in [-0.39, 0.29) is 0 Å². The highest BCUT2D eigenvalue weighted by molar-refractivity contribution is 6.83. The molecule has 1 amide bonds. The number of aromatic amines is 1. The molecule has 8 heteroatoms. The number of ether oxygens (including phenoxy) is 1. The van der Waals surface area contributed by atoms with Gasteiger partial charge in [0.2, 0.25) is 0 Å². The molecular weight excluding hydrogens is 364 g/mol. The quantitative estimate of drug-likeness (QED) is 0.422. The number of pyridine rings is 1. The third kappa shape index (κ3) is 4.57. The number of esters is 1. The van der Waals surface area contributed by atoms with Crippen molar-refractivity contribution >= 4 is 30.9 Å². The molecule has 0 atom stereocenters. The number of carbonyl (C=O) groups is 2. The van der Waals surface area contributed by atoms with Crippen LogP contribution >= 0.6 is 0 Å². The Kier molecular flexibility index (Phi) is 5.76. The summed E-state index contributed by atoms with van der Waals surface area (Å²) in [7, 11) is -0.390. The number of H-pyrrole nitrogens is 1. The van der Waals surface area contributed by atoms with E-state index in [0.717, 1.165) is 5.56 Å². The standard InChI is InChI=1S/C19H22N2O5Si/c1-11-12(8-9-27(3,4)5)6-7-13-16(11)21-19(25)15(17(13)23)18(24)20-10-14(22)26-2/h6-7H,10H2,1-5H3,(H,20,24)(H2,21,23,25). The van der Waals surface area contributed by atoms with Gasteiger partial charge in [0.25, 0.3) is 11.5 Å². The summed E-state index contributed by atoms with van der Waals surface area (Å²) < 4.78 is 4.43. The molecule has 0 aliphatic heterocycles. The number of fused-ring (bicyclic) bond motifs is 1. The van der Waals surface area contributed by atoms with Crippen LogP contribution in [0.2, 0.25) is 19.6 Å². The lowest BCUT2D eigenvalue weighted by molar-refractivity contribution is -0.139. The zero-order chi connectivity index (χ0) is 20.4. The second-order valence-corrected chi connectivity index (χ2v) is 11.8. The Morgan fingerprint density at radius 3 is 2.56 bits per heavy atom. The van der Waals surface area contributed by atoms with Crippen LogP contribution in [-0.2, 0) is 9.53 Å². The first-order chi connectivity index (χ1) is 12.5. The van der Waals surface area contributed by atoms with Gasteiger partial charge in [-0.3, -0.25) is 14.4 Å². The fourth-order valence-electron chi connectivity index (χ4n) is 2.40. The second-order valence-electron chi connectivity index (χ2n) is 7.10. The van der Waals surface area contributed by atoms with Crippen LogP contribution in [-0.4, -0.2) is 43.7 Å². The van der Waals surface area contributed by atoms with E-state index >= 15 is 0 Å². The number of rotatable bonds is 3. The number of hydrogen-bond donors (Lipinski definition) is 3. The van der Waals surface area contributed by atoms with E-state index in [9.17, 15) is 19.5 Å². The Labute approximate surface area is 157 Å². The Hall–Kier alpha value is -3.05. The lowest BCUT2D eigenvalue weighted by atomic mass is 10.0. The van der Waals surface area contributed by atoms with Crippen molar-refractivity contribution in [1.29, 1.82) is 0 Å². The van der Waals surface area contributed by atoms with Crippen molar-refractivity contribution < 1.29 is 19.4 Å². The number of benzene rings is 1. The normalized spacial score (nSPS) is 10.9. The van der Waals surface area contributed by atoms with Crippen LogP contribution in [0.15, 0.2) is 16.9 Å². The van der Waals surface area contributed by atoms with E-state index in [1.165, 1.54) is 7.11 Å². The number of aromatic nitrogens is 1. The van der Waals surface area contributed by atoms with Gasteiger partial charge >= 0.3 is 5.97 Å². The number of hydrogen-bond acceptors (Lipinski definition) is 5. The van der Waals surface area contributed by atoms with E-state index < -0.39 is 43.4 Å². The Morgan fingerprint density at radius 1 is 1.30 bits per heavy atom. The minimum absolute atomic E-state index is 0.328. The molecule has 0 fully saturated rings. The van der Waals surface area contributed by atoms with Gasteiger partial charge in [0.15, 0.2) is 0 Å². The smallest absolute Gasteiger partial charge is 0.325 e. The molecule has 2 rings (SSSR count). The average molecular weight is 386 g/mol. The van der Waals surface area contributed by atoms with Gasteiger partial charge in [0.05, 0.1) is 12.6 Å². The summed E-state index contributed by atoms with van der Waals surface area (Å²) in [6.45, 7) is 7.77. The van der Waals surface area contributed by atoms with Crippen LogP contribution in [0.1, 0.15) is 21.5 Å². The Morgan fingerprint density at radius 2 is 1.96 bits per heavy atom. The van der Waals surface area contributed by atoms with E-state index in [2.05, 4.69) is 46.1 Å². The lowest BCUT2D eigenvalue weighted by Crippen LogP contribution is -2.34. The zero-order valence-electron chi connectivity index (χ0n) is 15.9. The van der Waals surface area contributed by atoms with Crippen LogP contribution in [0.4, 0.5) is 0 Å². The molecule has 27 heavy (non-hydrogen) atoms. The van der Waals surface area contributed by atoms with Crippen molar-refractivity contribution in [3.05, 3.63) is 39.2 Å². The molecule has 2 aromatic rings. The van der Waals surface area contributed by atoms with Crippen molar-refractivity contribution in [2.24, 2.45) is 0 Å². The molecule has 0 saturated carbocycles. The number of nitrogens with one attached hydrogen (secondary N) is 2. The van der Waals surface area contributed by atoms with Gasteiger partial charge in [-0.25, -0.2) is 0 Å². The number of amides is 1. The minimum atomic E-state index is -1.57. The highest BCUT2D eigenvalue weighted by Gasteiger charge is 2.21. The van der Waals surface area contributed by atoms with Crippen molar-refractivity contribution in [1.82, 2.24) is 10.3 Å². The summed E-state index contributed by atoms with van der Waals surface area (Å²) in [5.41, 5.74) is 3.95. The maximum atomic E-state index is 12.4. The third-order valence-corrected chi connectivity index (χ3v) is 4.72. The van der Waals surface area contributed by atoms with E-state index in [1.807, 2.05) is 0 Å². The molecule has 142 valence electrons. The first-order valence-electron chi connectivity index (χ1n) is 8.32. The van der Waals surface area contributed by atoms with Gasteiger partial charge < -0.3 is 20.1 Å². The molecule has 7 nitrogen and oxygen atoms in total. The molecule has 0 unspecified atom stereocenters. The molecule has 0 radical (unpaired) electrons. The number of methoxy groups -OCH3 is 1. The Balaban J connectivity index is 2.54. The van der Waals surface area contributed by atoms with Crippen molar-refractivity contribution in [2.75, 3.05) is 13.7 Å². The van der Waals surface area contributed by atoms with Gasteiger partial charge in [0, 0.05) is 10.9 Å². The largest absolute Gasteiger partial charge is 0.506 e. The van der Waals surface area contributed by atoms with Crippen LogP contribution in [0.25, 0.3) is 10.9 Å². The number of aryl methyl sites for hydroxylation is 1. The van der Waals surface area contributed by atoms with E-state index in [4.69, 9.17) is 0 Å². The van der Waals surface area contributed by atoms with Gasteiger partial charge in [-0.05, 0) is 24.6 Å². The number of carbonyl (C=O) groups excluding carboxylic acids is 2. The topological polar surface area (TPSA) is 108 Å². The third-order valence-electron chi connectivity index (χ3n) is 3.84. The van der Waals surface area contributed by atoms with Crippen molar-refractivity contribution in [3.8, 4) is 17.2 Å². The molecular formula is C19H22N2O5Si. The van der Waals surface area contributed by atoms with Crippen molar-refractivity contribution in [2.45, 2.75) is 26.6 Å². The molecule has 0 bridgehead atoms. The summed E-state index contributed by atoms with van der Waals surface area (Å²) >= 11 is 0. The number of aromatic hydroxyl groups is 1. The monoisotopic (exact) mass is 386 g/mol. The van der Waals surface area contributed by atoms with Crippen LogP contribution in [0, 0.1) is 18.4 Å². The summed E-state index contributed by atoms with van der Waals surface area (Å²) in [5, 5.41) is 13.0. The minimum Gasteiger partial charge on any atom is -0.506 e. The molecule has 1 heterocycles. The van der Waals surface area contributed by atoms with Gasteiger partial charge in [-0.1, -0.05) is 25.6 Å². The Bertz CT molecular complexity index is 1040. The summed E-state index contributed by atoms with van der Waals surface area (Å²) in [4.78, 5) is 38.4. The molecule has 0 aliphatic rings. The first kappa shape index (κ1) is 20.3. The molecule has 0 spiro atoms. The van der Waals surface area contributed by atoms with Gasteiger partial charge in [0.1, 0.15) is 25.9 Å². The van der Waals surface area contributed by atoms with Crippen LogP contribution < -0.4 is 10.9 Å². The molecule has 3 N–H and O–H groups in total. The van der Waals surface area contributed by atoms with Crippen molar-refractivity contribution in [3.63, 3.8) is 0 Å². The van der Waals surface area contributed by atoms with Gasteiger partial charge in [-0.15, -0.1) is 5.54 Å². The lowest BCUT2D eigenvalue weighted by Gasteiger charge is -2.11. The molecule has 0 saturated heterocycles. The van der Waals surface area contributed by atoms with Crippen LogP contribution in [0.3, 0.4) is 0 Å². The fourth-order valence-corrected chi connectivity index (χ4v) is 2.91. The maximum absolute atomic E-state index is 12.4. The fraction of sp³-hybridized carbons (Fsp3) is 0.316. The zero-order valence-corrected chi connectivity index (χ0v) is 16.9. The highest BCUT2D eigenvalue weighted by atomic mass is 28.3. The predicted octanol–water partition coefficient (Wildman–Crippen LogP) is 1.67. The van der Waals surface area contributed by atoms with E-state index in [1.54, 1.807) is 19.1 Å². The average Bonchev–Trinajstić information content (AvgIpc) is 2.58. The predicted molar refractivity (Wildman–Crippen MR) is 106 cm³/mol. The van der Waals surface area contributed by atoms with Crippen LogP contribution in [0.5, 0.6) is 5.75 Å². The maximum Gasteiger partial charge on any atom is 0.325 e. The second kappa shape index (κ2) is 7.68. The highest BCUT2D eigenvalue weighted by Crippen LogP contribution is 2.28. The summed E-state index contributed by atoms with van der Waals surface area (Å²) in [6.07, 6.45) is 0. The SMILES string of the molecule is COC(=O)CNC(=O)c1c(O)c2ccc(C#C[Si](C)(C)C)c(C)c2[nH]c1=O. The molecule has 0 aliphatic carbocycles. The molecule has 1 aromatic carbocycles. The summed E-state index contributed by atoms with van der Waals surface area (Å²) in [6, 6.07) is 3.36. The first-order valence-corrected chi connectivity index (χ1v) is 11.8. The van der Waals surface area contributed by atoms with E-state index in [0.29, 0.717) is 16.5 Å².